The van der Waals surface area contributed by atoms with Gasteiger partial charge in [0.2, 0.25) is 0 Å². The predicted octanol–water partition coefficient (Wildman–Crippen LogP) is 11.3. The Morgan fingerprint density at radius 3 is 1.45 bits per heavy atom. The molecule has 0 aromatic rings. The molecule has 3 unspecified atom stereocenters. The molecule has 1 saturated heterocycles. The lowest BCUT2D eigenvalue weighted by atomic mass is 9.64. The van der Waals surface area contributed by atoms with Crippen LogP contribution < -0.4 is 0 Å². The average Bonchev–Trinajstić information content (AvgIpc) is 2.95. The smallest absolute Gasteiger partial charge is 0.448 e. The van der Waals surface area contributed by atoms with Gasteiger partial charge >= 0.3 is 36.0 Å². The molecule has 0 bridgehead atoms. The Morgan fingerprint density at radius 2 is 1.09 bits per heavy atom. The second-order valence-electron chi connectivity index (χ2n) is 13.5. The van der Waals surface area contributed by atoms with Crippen molar-refractivity contribution in [3.63, 3.8) is 0 Å². The fourth-order valence-corrected chi connectivity index (χ4v) is 5.73. The molecule has 0 amide bonds. The van der Waals surface area contributed by atoms with Crippen LogP contribution in [0.2, 0.25) is 0 Å². The zero-order valence-corrected chi connectivity index (χ0v) is 28.6. The number of esters is 2. The first-order chi connectivity index (χ1) is 21.6. The highest BCUT2D eigenvalue weighted by molar-refractivity contribution is 5.89. The van der Waals surface area contributed by atoms with E-state index >= 15 is 8.78 Å². The van der Waals surface area contributed by atoms with Gasteiger partial charge in [0, 0.05) is 11.8 Å². The molecule has 0 saturated carbocycles. The van der Waals surface area contributed by atoms with E-state index in [1.165, 1.54) is 64.2 Å². The Hall–Kier alpha value is -1.92. The molecule has 1 rings (SSSR count). The Labute approximate surface area is 274 Å². The molecule has 1 aliphatic rings. The van der Waals surface area contributed by atoms with Crippen LogP contribution in [0, 0.1) is 5.41 Å². The van der Waals surface area contributed by atoms with Crippen LogP contribution in [0.1, 0.15) is 150 Å². The lowest BCUT2D eigenvalue weighted by molar-refractivity contribution is -0.496. The Bertz CT molecular complexity index is 994. The highest BCUT2D eigenvalue weighted by Crippen LogP contribution is 2.62. The van der Waals surface area contributed by atoms with Gasteiger partial charge in [-0.3, -0.25) is 4.79 Å². The maximum absolute atomic E-state index is 16.1. The molecular weight excluding hydrogens is 640 g/mol. The molecule has 276 valence electrons. The van der Waals surface area contributed by atoms with Gasteiger partial charge in [0.25, 0.3) is 0 Å². The van der Waals surface area contributed by atoms with Gasteiger partial charge in [0.1, 0.15) is 5.57 Å². The summed E-state index contributed by atoms with van der Waals surface area (Å²) in [6.07, 6.45) is 3.91. The minimum Gasteiger partial charge on any atom is -0.448 e. The van der Waals surface area contributed by atoms with Gasteiger partial charge in [0.15, 0.2) is 5.60 Å². The molecule has 0 N–H and O–H groups in total. The third-order valence-corrected chi connectivity index (χ3v) is 9.60. The van der Waals surface area contributed by atoms with Crippen molar-refractivity contribution in [1.82, 2.24) is 0 Å². The number of halogens is 8. The Balaban J connectivity index is 2.67. The van der Waals surface area contributed by atoms with Crippen molar-refractivity contribution in [2.75, 3.05) is 0 Å². The van der Waals surface area contributed by atoms with Crippen molar-refractivity contribution in [1.29, 1.82) is 0 Å². The van der Waals surface area contributed by atoms with Crippen LogP contribution in [0.25, 0.3) is 0 Å². The standard InChI is InChI=1S/C34H54F8O5/c1-7-8-9-10-11-12-13-14-15-16-17-18-19-20-21-22-23-24-27(43)46-33(34(40,41)42)32(38,39)30(6,29(4,5)26(3)45-33)47-28(44)25(2)31(35,36)37/h26H,2,7-24H2,1,3-6H3. The molecule has 0 aromatic heterocycles. The molecule has 3 atom stereocenters. The van der Waals surface area contributed by atoms with E-state index in [9.17, 15) is 35.9 Å². The number of ether oxygens (including phenoxy) is 3. The van der Waals surface area contributed by atoms with E-state index < -0.39 is 65.1 Å². The van der Waals surface area contributed by atoms with Crippen LogP contribution in [0.4, 0.5) is 35.1 Å². The second-order valence-corrected chi connectivity index (χ2v) is 13.5. The summed E-state index contributed by atoms with van der Waals surface area (Å²) in [5.41, 5.74) is -7.99. The molecule has 1 fully saturated rings. The molecule has 0 aromatic carbocycles. The molecule has 1 heterocycles. The van der Waals surface area contributed by atoms with Gasteiger partial charge in [-0.05, 0) is 20.3 Å². The molecule has 0 spiro atoms. The van der Waals surface area contributed by atoms with Crippen LogP contribution in [-0.2, 0) is 23.8 Å². The van der Waals surface area contributed by atoms with Crippen LogP contribution in [-0.4, -0.2) is 47.7 Å². The van der Waals surface area contributed by atoms with E-state index in [-0.39, 0.29) is 6.42 Å². The van der Waals surface area contributed by atoms with Crippen molar-refractivity contribution < 1.29 is 58.9 Å². The van der Waals surface area contributed by atoms with Crippen LogP contribution in [0.5, 0.6) is 0 Å². The van der Waals surface area contributed by atoms with E-state index in [2.05, 4.69) is 23.0 Å². The summed E-state index contributed by atoms with van der Waals surface area (Å²) in [5, 5.41) is 0. The van der Waals surface area contributed by atoms with Crippen LogP contribution in [0.15, 0.2) is 12.2 Å². The molecular formula is C34H54F8O5. The summed E-state index contributed by atoms with van der Waals surface area (Å²) in [6, 6.07) is 0. The predicted molar refractivity (Wildman–Crippen MR) is 163 cm³/mol. The first kappa shape index (κ1) is 43.1. The Kier molecular flexibility index (Phi) is 16.7. The number of rotatable bonds is 21. The van der Waals surface area contributed by atoms with Gasteiger partial charge in [-0.25, -0.2) is 4.79 Å². The molecule has 1 aliphatic heterocycles. The van der Waals surface area contributed by atoms with Gasteiger partial charge in [0.05, 0.1) is 6.10 Å². The first-order valence-electron chi connectivity index (χ1n) is 17.0. The quantitative estimate of drug-likeness (QED) is 0.0518. The largest absolute Gasteiger partial charge is 0.462 e. The van der Waals surface area contributed by atoms with Crippen LogP contribution >= 0.6 is 0 Å². The van der Waals surface area contributed by atoms with Crippen molar-refractivity contribution in [2.45, 2.75) is 186 Å². The number of hydrogen-bond donors (Lipinski definition) is 0. The summed E-state index contributed by atoms with van der Waals surface area (Å²) in [5.74, 6) is -14.4. The second kappa shape index (κ2) is 18.2. The van der Waals surface area contributed by atoms with E-state index in [4.69, 9.17) is 4.74 Å². The summed E-state index contributed by atoms with van der Waals surface area (Å²) >= 11 is 0. The minimum absolute atomic E-state index is 0.0650. The maximum Gasteiger partial charge on any atom is 0.462 e. The molecule has 13 heteroatoms. The van der Waals surface area contributed by atoms with E-state index in [1.807, 2.05) is 0 Å². The van der Waals surface area contributed by atoms with Crippen LogP contribution in [0.3, 0.4) is 0 Å². The van der Waals surface area contributed by atoms with E-state index in [1.54, 1.807) is 0 Å². The number of carbonyl (C=O) groups is 2. The van der Waals surface area contributed by atoms with Gasteiger partial charge < -0.3 is 14.2 Å². The maximum atomic E-state index is 16.1. The van der Waals surface area contributed by atoms with Crippen molar-refractivity contribution >= 4 is 11.9 Å². The first-order valence-corrected chi connectivity index (χ1v) is 17.0. The zero-order chi connectivity index (χ0) is 36.2. The van der Waals surface area contributed by atoms with Crippen molar-refractivity contribution in [2.24, 2.45) is 5.41 Å². The fourth-order valence-electron chi connectivity index (χ4n) is 5.73. The lowest BCUT2D eigenvalue weighted by Gasteiger charge is -2.59. The van der Waals surface area contributed by atoms with E-state index in [0.29, 0.717) is 19.8 Å². The molecule has 0 radical (unpaired) electrons. The van der Waals surface area contributed by atoms with Crippen molar-refractivity contribution in [3.8, 4) is 0 Å². The summed E-state index contributed by atoms with van der Waals surface area (Å²) in [7, 11) is 0. The van der Waals surface area contributed by atoms with Gasteiger partial charge in [-0.15, -0.1) is 0 Å². The monoisotopic (exact) mass is 694 g/mol. The average molecular weight is 695 g/mol. The summed E-state index contributed by atoms with van der Waals surface area (Å²) < 4.78 is 128. The summed E-state index contributed by atoms with van der Waals surface area (Å²) in [4.78, 5) is 24.8. The molecule has 5 nitrogen and oxygen atoms in total. The number of alkyl halides is 8. The number of unbranched alkanes of at least 4 members (excludes halogenated alkanes) is 16. The Morgan fingerprint density at radius 1 is 0.702 bits per heavy atom. The lowest BCUT2D eigenvalue weighted by Crippen LogP contribution is -2.80. The summed E-state index contributed by atoms with van der Waals surface area (Å²) in [6.45, 7) is 7.86. The normalized spacial score (nSPS) is 24.1. The third kappa shape index (κ3) is 11.0. The molecule has 0 aliphatic carbocycles. The van der Waals surface area contributed by atoms with Gasteiger partial charge in [-0.1, -0.05) is 130 Å². The number of carbonyl (C=O) groups excluding carboxylic acids is 2. The topological polar surface area (TPSA) is 61.8 Å². The zero-order valence-electron chi connectivity index (χ0n) is 28.6. The van der Waals surface area contributed by atoms with E-state index in [0.717, 1.165) is 46.5 Å². The molecule has 47 heavy (non-hydrogen) atoms. The highest BCUT2D eigenvalue weighted by Gasteiger charge is 2.87. The van der Waals surface area contributed by atoms with Gasteiger partial charge in [-0.2, -0.15) is 35.1 Å². The minimum atomic E-state index is -6.07. The highest BCUT2D eigenvalue weighted by atomic mass is 19.4. The fraction of sp³-hybridized carbons (Fsp3) is 0.882. The third-order valence-electron chi connectivity index (χ3n) is 9.60. The van der Waals surface area contributed by atoms with Crippen molar-refractivity contribution in [3.05, 3.63) is 12.2 Å². The SMILES string of the molecule is C=C(C(=O)OC1(C)C(C)(C)C(C)OC(OC(=O)CCCCCCCCCCCCCCCCCCC)(C(F)(F)F)C1(F)F)C(F)(F)F. The number of hydrogen-bond acceptors (Lipinski definition) is 5.